The predicted octanol–water partition coefficient (Wildman–Crippen LogP) is 5.63. The van der Waals surface area contributed by atoms with Gasteiger partial charge in [-0.2, -0.15) is 13.2 Å². The van der Waals surface area contributed by atoms with Crippen molar-refractivity contribution in [3.63, 3.8) is 0 Å². The summed E-state index contributed by atoms with van der Waals surface area (Å²) in [5.74, 6) is -0.397. The first-order valence-electron chi connectivity index (χ1n) is 12.0. The van der Waals surface area contributed by atoms with Crippen LogP contribution in [0.15, 0.2) is 48.0 Å². The minimum absolute atomic E-state index is 0.107. The number of nitrogens with two attached hydrogens (primary N) is 1. The van der Waals surface area contributed by atoms with Crippen molar-refractivity contribution in [2.45, 2.75) is 51.6 Å². The van der Waals surface area contributed by atoms with Crippen LogP contribution in [0.5, 0.6) is 0 Å². The second-order valence-electron chi connectivity index (χ2n) is 9.63. The lowest BCUT2D eigenvalue weighted by atomic mass is 9.76. The lowest BCUT2D eigenvalue weighted by Gasteiger charge is -2.37. The van der Waals surface area contributed by atoms with Gasteiger partial charge in [0.2, 0.25) is 0 Å². The molecule has 3 aromatic rings. The zero-order valence-electron chi connectivity index (χ0n) is 20.6. The summed E-state index contributed by atoms with van der Waals surface area (Å²) in [6, 6.07) is 10.1. The van der Waals surface area contributed by atoms with E-state index in [9.17, 15) is 23.1 Å². The minimum atomic E-state index is -4.45. The third-order valence-electron chi connectivity index (χ3n) is 7.08. The Kier molecular flexibility index (Phi) is 8.03. The van der Waals surface area contributed by atoms with E-state index in [0.717, 1.165) is 17.7 Å². The maximum absolute atomic E-state index is 13.2. The van der Waals surface area contributed by atoms with Gasteiger partial charge in [-0.05, 0) is 54.2 Å². The Hall–Kier alpha value is -2.79. The Morgan fingerprint density at radius 2 is 1.89 bits per heavy atom. The number of alkyl halides is 3. The highest BCUT2D eigenvalue weighted by molar-refractivity contribution is 7.10. The van der Waals surface area contributed by atoms with Crippen LogP contribution in [0.1, 0.15) is 70.9 Å². The molecule has 0 bridgehead atoms. The number of ether oxygens (including phenoxy) is 1. The molecule has 0 saturated carbocycles. The minimum Gasteiger partial charge on any atom is -0.387 e. The average molecular weight is 534 g/mol. The van der Waals surface area contributed by atoms with Crippen LogP contribution in [0.2, 0.25) is 0 Å². The number of benzene rings is 2. The molecule has 1 fully saturated rings. The Bertz CT molecular complexity index is 1240. The number of nitrogens with zero attached hydrogens (tertiary/aromatic N) is 1. The molecule has 6 nitrogen and oxygen atoms in total. The largest absolute Gasteiger partial charge is 0.416 e. The number of halogens is 3. The Morgan fingerprint density at radius 3 is 2.51 bits per heavy atom. The maximum atomic E-state index is 13.2. The van der Waals surface area contributed by atoms with Crippen molar-refractivity contribution in [1.29, 1.82) is 0 Å². The molecule has 2 heterocycles. The molecular weight excluding hydrogens is 503 g/mol. The van der Waals surface area contributed by atoms with E-state index < -0.39 is 35.2 Å². The van der Waals surface area contributed by atoms with Crippen molar-refractivity contribution >= 4 is 17.2 Å². The average Bonchev–Trinajstić information content (AvgIpc) is 3.38. The predicted molar refractivity (Wildman–Crippen MR) is 136 cm³/mol. The van der Waals surface area contributed by atoms with Crippen LogP contribution in [0.4, 0.5) is 13.2 Å². The fourth-order valence-electron chi connectivity index (χ4n) is 4.55. The number of aromatic nitrogens is 1. The van der Waals surface area contributed by atoms with Gasteiger partial charge in [0.1, 0.15) is 5.69 Å². The number of hydrogen-bond acceptors (Lipinski definition) is 6. The number of amides is 1. The summed E-state index contributed by atoms with van der Waals surface area (Å²) in [7, 11) is 0. The van der Waals surface area contributed by atoms with E-state index in [4.69, 9.17) is 10.5 Å². The maximum Gasteiger partial charge on any atom is 0.416 e. The third kappa shape index (κ3) is 5.87. The van der Waals surface area contributed by atoms with Gasteiger partial charge in [-0.3, -0.25) is 4.79 Å². The molecule has 1 aliphatic heterocycles. The van der Waals surface area contributed by atoms with Gasteiger partial charge >= 0.3 is 6.18 Å². The molecule has 0 aliphatic carbocycles. The van der Waals surface area contributed by atoms with Gasteiger partial charge in [-0.25, -0.2) is 4.98 Å². The van der Waals surface area contributed by atoms with E-state index in [1.807, 2.05) is 13.8 Å². The Labute approximate surface area is 217 Å². The number of carbonyl (C=O) groups excluding carboxylic acids is 1. The van der Waals surface area contributed by atoms with Gasteiger partial charge in [-0.15, -0.1) is 11.3 Å². The van der Waals surface area contributed by atoms with Crippen LogP contribution >= 0.6 is 11.3 Å². The fraction of sp³-hybridized carbons (Fsp3) is 0.407. The summed E-state index contributed by atoms with van der Waals surface area (Å²) in [6.07, 6.45) is -3.91. The van der Waals surface area contributed by atoms with Crippen LogP contribution in [-0.2, 0) is 17.5 Å². The number of hydrogen-bond donors (Lipinski definition) is 3. The van der Waals surface area contributed by atoms with E-state index in [1.54, 1.807) is 29.8 Å². The van der Waals surface area contributed by atoms with E-state index >= 15 is 0 Å². The van der Waals surface area contributed by atoms with Crippen LogP contribution in [-0.4, -0.2) is 29.2 Å². The van der Waals surface area contributed by atoms with Crippen molar-refractivity contribution in [2.75, 3.05) is 13.2 Å². The first kappa shape index (κ1) is 27.3. The molecule has 2 aromatic carbocycles. The standard InChI is InChI=1S/C27H30F3N3O3S/c1-16(33-25(35)22-23(37-15-32-22)24(34)26(2)9-11-36-12-10-26)17-3-5-18(6-4-17)21-13-20(27(28,29)30)8-7-19(21)14-31/h3-8,13,15-16,24,34H,9-12,14,31H2,1-2H3,(H,33,35)/t16-,24?/m1/s1. The second kappa shape index (κ2) is 10.9. The summed E-state index contributed by atoms with van der Waals surface area (Å²) < 4.78 is 45.1. The van der Waals surface area contributed by atoms with E-state index in [0.29, 0.717) is 47.6 Å². The van der Waals surface area contributed by atoms with E-state index in [-0.39, 0.29) is 12.2 Å². The first-order valence-corrected chi connectivity index (χ1v) is 12.9. The molecule has 4 rings (SSSR count). The number of carbonyl (C=O) groups is 1. The molecule has 1 aromatic heterocycles. The van der Waals surface area contributed by atoms with Gasteiger partial charge in [0, 0.05) is 25.2 Å². The molecule has 198 valence electrons. The van der Waals surface area contributed by atoms with Crippen molar-refractivity contribution < 1.29 is 27.8 Å². The number of thiazole rings is 1. The first-order chi connectivity index (χ1) is 17.5. The smallest absolute Gasteiger partial charge is 0.387 e. The van der Waals surface area contributed by atoms with Crippen LogP contribution in [0.3, 0.4) is 0 Å². The van der Waals surface area contributed by atoms with Crippen LogP contribution in [0, 0.1) is 5.41 Å². The van der Waals surface area contributed by atoms with Gasteiger partial charge < -0.3 is 20.9 Å². The van der Waals surface area contributed by atoms with Gasteiger partial charge in [-0.1, -0.05) is 37.3 Å². The summed E-state index contributed by atoms with van der Waals surface area (Å²) in [6.45, 7) is 5.04. The molecule has 1 unspecified atom stereocenters. The van der Waals surface area contributed by atoms with Gasteiger partial charge in [0.15, 0.2) is 0 Å². The Balaban J connectivity index is 1.50. The number of aliphatic hydroxyl groups is 1. The topological polar surface area (TPSA) is 97.5 Å². The number of nitrogens with one attached hydrogen (secondary N) is 1. The highest BCUT2D eigenvalue weighted by Gasteiger charge is 2.39. The monoisotopic (exact) mass is 533 g/mol. The van der Waals surface area contributed by atoms with Crippen molar-refractivity contribution in [2.24, 2.45) is 11.1 Å². The van der Waals surface area contributed by atoms with Crippen LogP contribution < -0.4 is 11.1 Å². The molecule has 37 heavy (non-hydrogen) atoms. The molecule has 1 amide bonds. The van der Waals surface area contributed by atoms with Crippen molar-refractivity contribution in [1.82, 2.24) is 10.3 Å². The van der Waals surface area contributed by atoms with E-state index in [1.165, 1.54) is 17.4 Å². The SMILES string of the molecule is C[C@@H](NC(=O)c1ncsc1C(O)C1(C)CCOCC1)c1ccc(-c2cc(C(F)(F)F)ccc2CN)cc1. The Morgan fingerprint density at radius 1 is 1.22 bits per heavy atom. The van der Waals surface area contributed by atoms with Crippen molar-refractivity contribution in [3.05, 3.63) is 75.2 Å². The zero-order chi connectivity index (χ0) is 26.8. The highest BCUT2D eigenvalue weighted by Crippen LogP contribution is 2.44. The van der Waals surface area contributed by atoms with Gasteiger partial charge in [0.25, 0.3) is 5.91 Å². The quantitative estimate of drug-likeness (QED) is 0.366. The summed E-state index contributed by atoms with van der Waals surface area (Å²) in [5.41, 5.74) is 8.78. The fourth-order valence-corrected chi connectivity index (χ4v) is 5.49. The summed E-state index contributed by atoms with van der Waals surface area (Å²) >= 11 is 1.25. The molecule has 2 atom stereocenters. The molecule has 10 heteroatoms. The number of aliphatic hydroxyl groups excluding tert-OH is 1. The summed E-state index contributed by atoms with van der Waals surface area (Å²) in [5, 5.41) is 14.0. The van der Waals surface area contributed by atoms with Gasteiger partial charge in [0.05, 0.1) is 28.1 Å². The molecule has 0 spiro atoms. The molecular formula is C27H30F3N3O3S. The normalized spacial score (nSPS) is 17.3. The number of rotatable bonds is 7. The van der Waals surface area contributed by atoms with E-state index in [2.05, 4.69) is 10.3 Å². The lowest BCUT2D eigenvalue weighted by Crippen LogP contribution is -2.34. The lowest BCUT2D eigenvalue weighted by molar-refractivity contribution is -0.137. The zero-order valence-corrected chi connectivity index (χ0v) is 21.5. The summed E-state index contributed by atoms with van der Waals surface area (Å²) in [4.78, 5) is 17.8. The van der Waals surface area contributed by atoms with Crippen molar-refractivity contribution in [3.8, 4) is 11.1 Å². The molecule has 1 aliphatic rings. The van der Waals surface area contributed by atoms with Crippen LogP contribution in [0.25, 0.3) is 11.1 Å². The molecule has 4 N–H and O–H groups in total. The molecule has 1 saturated heterocycles. The second-order valence-corrected chi connectivity index (χ2v) is 10.5. The molecule has 0 radical (unpaired) electrons. The highest BCUT2D eigenvalue weighted by atomic mass is 32.1. The third-order valence-corrected chi connectivity index (χ3v) is 7.96.